The number of phenols is 2. The maximum absolute atomic E-state index is 12.2. The van der Waals surface area contributed by atoms with Gasteiger partial charge in [0, 0.05) is 11.6 Å². The Kier molecular flexibility index (Phi) is 3.92. The van der Waals surface area contributed by atoms with E-state index >= 15 is 0 Å². The van der Waals surface area contributed by atoms with Gasteiger partial charge in [0.2, 0.25) is 11.2 Å². The van der Waals surface area contributed by atoms with Crippen LogP contribution in [0.5, 0.6) is 23.0 Å². The second-order valence-electron chi connectivity index (χ2n) is 5.05. The van der Waals surface area contributed by atoms with Crippen LogP contribution in [0, 0.1) is 0 Å². The molecule has 0 aliphatic heterocycles. The molecule has 0 bridgehead atoms. The molecular weight excluding hydrogens is 355 g/mol. The summed E-state index contributed by atoms with van der Waals surface area (Å²) in [4.78, 5) is 29.7. The third-order valence-electron chi connectivity index (χ3n) is 3.29. The minimum absolute atomic E-state index is 0.00725. The summed E-state index contributed by atoms with van der Waals surface area (Å²) in [6.45, 7) is 0. The smallest absolute Gasteiger partial charge is 0.508 e. The van der Waals surface area contributed by atoms with E-state index < -0.39 is 30.5 Å². The number of phenolic OH excluding ortho intramolecular Hbond substituents is 2. The van der Waals surface area contributed by atoms with E-state index in [0.29, 0.717) is 0 Å². The van der Waals surface area contributed by atoms with Crippen LogP contribution in [-0.4, -0.2) is 25.1 Å². The van der Waals surface area contributed by atoms with Gasteiger partial charge in [-0.3, -0.25) is 14.6 Å². The van der Waals surface area contributed by atoms with Crippen LogP contribution in [-0.2, 0) is 4.57 Å². The zero-order chi connectivity index (χ0) is 18.4. The molecule has 0 aliphatic carbocycles. The van der Waals surface area contributed by atoms with Crippen LogP contribution in [0.3, 0.4) is 0 Å². The molecule has 0 spiro atoms. The molecule has 10 heteroatoms. The monoisotopic (exact) mass is 366 g/mol. The summed E-state index contributed by atoms with van der Waals surface area (Å²) in [5.41, 5.74) is -0.686. The number of aromatic hydroxyl groups is 3. The molecule has 0 aliphatic rings. The number of fused-ring (bicyclic) bond motifs is 1. The molecule has 2 aromatic carbocycles. The molecule has 25 heavy (non-hydrogen) atoms. The molecule has 3 aromatic rings. The average Bonchev–Trinajstić information content (AvgIpc) is 2.51. The Morgan fingerprint density at radius 3 is 2.36 bits per heavy atom. The SMILES string of the molecule is O=c1c(O)c(-c2ccc(OP(=O)(O)O)c(O)c2)oc2cc(O)ccc12. The lowest BCUT2D eigenvalue weighted by Gasteiger charge is -2.10. The molecule has 0 saturated carbocycles. The number of rotatable bonds is 3. The van der Waals surface area contributed by atoms with Gasteiger partial charge in [-0.15, -0.1) is 0 Å². The molecule has 130 valence electrons. The first-order valence-electron chi connectivity index (χ1n) is 6.73. The van der Waals surface area contributed by atoms with Gasteiger partial charge in [-0.1, -0.05) is 0 Å². The minimum Gasteiger partial charge on any atom is -0.508 e. The lowest BCUT2D eigenvalue weighted by molar-refractivity contribution is 0.278. The summed E-state index contributed by atoms with van der Waals surface area (Å²) in [7, 11) is -4.87. The summed E-state index contributed by atoms with van der Waals surface area (Å²) < 4.78 is 20.5. The summed E-state index contributed by atoms with van der Waals surface area (Å²) in [5.74, 6) is -2.29. The van der Waals surface area contributed by atoms with Gasteiger partial charge in [0.1, 0.15) is 11.3 Å². The molecule has 0 amide bonds. The van der Waals surface area contributed by atoms with Crippen molar-refractivity contribution in [1.29, 1.82) is 0 Å². The predicted molar refractivity (Wildman–Crippen MR) is 85.6 cm³/mol. The van der Waals surface area contributed by atoms with Crippen molar-refractivity contribution in [3.63, 3.8) is 0 Å². The van der Waals surface area contributed by atoms with Crippen molar-refractivity contribution in [2.45, 2.75) is 0 Å². The second kappa shape index (κ2) is 5.82. The Hall–Kier alpha value is -3.00. The van der Waals surface area contributed by atoms with Gasteiger partial charge in [0.25, 0.3) is 0 Å². The Morgan fingerprint density at radius 1 is 1.00 bits per heavy atom. The van der Waals surface area contributed by atoms with E-state index in [2.05, 4.69) is 4.52 Å². The average molecular weight is 366 g/mol. The highest BCUT2D eigenvalue weighted by Crippen LogP contribution is 2.43. The fourth-order valence-electron chi connectivity index (χ4n) is 2.23. The van der Waals surface area contributed by atoms with Crippen LogP contribution in [0.4, 0.5) is 0 Å². The van der Waals surface area contributed by atoms with Gasteiger partial charge >= 0.3 is 7.82 Å². The molecular formula is C15H11O9P. The van der Waals surface area contributed by atoms with E-state index in [1.807, 2.05) is 0 Å². The standard InChI is InChI=1S/C15H11O9P/c16-8-2-3-9-12(6-8)23-15(14(19)13(9)18)7-1-4-11(10(17)5-7)24-25(20,21)22/h1-6,16-17,19H,(H2,20,21,22). The quantitative estimate of drug-likeness (QED) is 0.437. The fraction of sp³-hybridized carbons (Fsp3) is 0. The van der Waals surface area contributed by atoms with Crippen LogP contribution in [0.25, 0.3) is 22.3 Å². The van der Waals surface area contributed by atoms with E-state index in [1.54, 1.807) is 0 Å². The molecule has 0 saturated heterocycles. The molecule has 1 aromatic heterocycles. The Labute approximate surface area is 139 Å². The van der Waals surface area contributed by atoms with E-state index in [9.17, 15) is 24.7 Å². The van der Waals surface area contributed by atoms with Gasteiger partial charge < -0.3 is 24.3 Å². The van der Waals surface area contributed by atoms with Gasteiger partial charge in [-0.25, -0.2) is 4.57 Å². The first kappa shape index (κ1) is 16.8. The largest absolute Gasteiger partial charge is 0.524 e. The summed E-state index contributed by atoms with van der Waals surface area (Å²) in [6.07, 6.45) is 0. The molecule has 0 fully saturated rings. The Bertz CT molecular complexity index is 1080. The highest BCUT2D eigenvalue weighted by atomic mass is 31.2. The first-order valence-corrected chi connectivity index (χ1v) is 8.26. The Balaban J connectivity index is 2.16. The van der Waals surface area contributed by atoms with Gasteiger partial charge in [-0.2, -0.15) is 0 Å². The van der Waals surface area contributed by atoms with Gasteiger partial charge in [0.05, 0.1) is 5.39 Å². The Morgan fingerprint density at radius 2 is 1.72 bits per heavy atom. The number of phosphoric ester groups is 1. The zero-order valence-corrected chi connectivity index (χ0v) is 13.2. The first-order chi connectivity index (χ1) is 11.7. The van der Waals surface area contributed by atoms with Crippen LogP contribution < -0.4 is 9.95 Å². The van der Waals surface area contributed by atoms with E-state index in [4.69, 9.17) is 14.2 Å². The van der Waals surface area contributed by atoms with E-state index in [-0.39, 0.29) is 28.0 Å². The van der Waals surface area contributed by atoms with Crippen molar-refractivity contribution in [1.82, 2.24) is 0 Å². The van der Waals surface area contributed by atoms with Crippen molar-refractivity contribution in [3.05, 3.63) is 46.6 Å². The fourth-order valence-corrected chi connectivity index (χ4v) is 2.64. The van der Waals surface area contributed by atoms with Gasteiger partial charge in [-0.05, 0) is 30.3 Å². The third kappa shape index (κ3) is 3.29. The van der Waals surface area contributed by atoms with Crippen molar-refractivity contribution < 1.29 is 38.6 Å². The van der Waals surface area contributed by atoms with Crippen LogP contribution in [0.1, 0.15) is 0 Å². The lowest BCUT2D eigenvalue weighted by Crippen LogP contribution is -2.02. The van der Waals surface area contributed by atoms with Crippen molar-refractivity contribution in [2.24, 2.45) is 0 Å². The maximum atomic E-state index is 12.2. The topological polar surface area (TPSA) is 158 Å². The summed E-state index contributed by atoms with van der Waals surface area (Å²) in [6, 6.07) is 6.99. The summed E-state index contributed by atoms with van der Waals surface area (Å²) in [5, 5.41) is 29.4. The number of benzene rings is 2. The highest BCUT2D eigenvalue weighted by Gasteiger charge is 2.21. The molecule has 5 N–H and O–H groups in total. The van der Waals surface area contributed by atoms with E-state index in [0.717, 1.165) is 12.1 Å². The lowest BCUT2D eigenvalue weighted by atomic mass is 10.1. The second-order valence-corrected chi connectivity index (χ2v) is 6.22. The van der Waals surface area contributed by atoms with E-state index in [1.165, 1.54) is 24.3 Å². The molecule has 0 unspecified atom stereocenters. The third-order valence-corrected chi connectivity index (χ3v) is 3.72. The predicted octanol–water partition coefficient (Wildman–Crippen LogP) is 2.05. The summed E-state index contributed by atoms with van der Waals surface area (Å²) >= 11 is 0. The van der Waals surface area contributed by atoms with Crippen molar-refractivity contribution in [3.8, 4) is 34.3 Å². The zero-order valence-electron chi connectivity index (χ0n) is 12.3. The number of phosphoric acid groups is 1. The van der Waals surface area contributed by atoms with Gasteiger partial charge in [0.15, 0.2) is 17.3 Å². The van der Waals surface area contributed by atoms with Crippen LogP contribution in [0.2, 0.25) is 0 Å². The van der Waals surface area contributed by atoms with Crippen molar-refractivity contribution in [2.75, 3.05) is 0 Å². The van der Waals surface area contributed by atoms with Crippen molar-refractivity contribution >= 4 is 18.8 Å². The molecule has 0 atom stereocenters. The maximum Gasteiger partial charge on any atom is 0.524 e. The molecule has 9 nitrogen and oxygen atoms in total. The van der Waals surface area contributed by atoms with Crippen LogP contribution in [0.15, 0.2) is 45.6 Å². The highest BCUT2D eigenvalue weighted by molar-refractivity contribution is 7.46. The number of hydrogen-bond donors (Lipinski definition) is 5. The minimum atomic E-state index is -4.87. The molecule has 0 radical (unpaired) electrons. The number of hydrogen-bond acceptors (Lipinski definition) is 7. The molecule has 3 rings (SSSR count). The normalized spacial score (nSPS) is 11.6. The van der Waals surface area contributed by atoms with Crippen LogP contribution >= 0.6 is 7.82 Å². The molecule has 1 heterocycles.